The van der Waals surface area contributed by atoms with Crippen LogP contribution in [-0.2, 0) is 4.74 Å². The number of benzene rings is 1. The number of ether oxygens (including phenoxy) is 2. The first-order valence-electron chi connectivity index (χ1n) is 7.23. The highest BCUT2D eigenvalue weighted by atomic mass is 79.9. The Kier molecular flexibility index (Phi) is 5.18. The van der Waals surface area contributed by atoms with Gasteiger partial charge in [0.1, 0.15) is 18.1 Å². The first kappa shape index (κ1) is 16.7. The van der Waals surface area contributed by atoms with Gasteiger partial charge in [0.05, 0.1) is 15.6 Å². The molecule has 1 aromatic carbocycles. The standard InChI is InChI=1S/C16H15Br2NO4/c1-21-6-7-22-16-11(17)5-4-10(14(16)18)15(20)12-8-13(23-19-12)9-2-3-9/h4-5,8-9H,2-3,6-7H2,1H3. The van der Waals surface area contributed by atoms with Gasteiger partial charge in [0.25, 0.3) is 0 Å². The van der Waals surface area contributed by atoms with Crippen molar-refractivity contribution >= 4 is 37.6 Å². The topological polar surface area (TPSA) is 61.6 Å². The molecular formula is C16H15Br2NO4. The molecule has 0 bridgehead atoms. The van der Waals surface area contributed by atoms with Gasteiger partial charge in [-0.1, -0.05) is 5.16 Å². The molecule has 0 radical (unpaired) electrons. The normalized spacial score (nSPS) is 14.0. The summed E-state index contributed by atoms with van der Waals surface area (Å²) < 4.78 is 17.3. The Hall–Kier alpha value is -1.18. The zero-order valence-electron chi connectivity index (χ0n) is 12.5. The van der Waals surface area contributed by atoms with Crippen LogP contribution in [0.25, 0.3) is 0 Å². The molecule has 0 amide bonds. The molecule has 5 nitrogen and oxygen atoms in total. The second-order valence-electron chi connectivity index (χ2n) is 5.30. The van der Waals surface area contributed by atoms with Crippen LogP contribution in [-0.4, -0.2) is 31.3 Å². The molecule has 122 valence electrons. The number of halogens is 2. The van der Waals surface area contributed by atoms with Crippen LogP contribution in [0.3, 0.4) is 0 Å². The van der Waals surface area contributed by atoms with E-state index in [1.54, 1.807) is 25.3 Å². The zero-order chi connectivity index (χ0) is 16.4. The van der Waals surface area contributed by atoms with Gasteiger partial charge < -0.3 is 14.0 Å². The molecule has 3 rings (SSSR count). The quantitative estimate of drug-likeness (QED) is 0.469. The van der Waals surface area contributed by atoms with Gasteiger partial charge >= 0.3 is 0 Å². The monoisotopic (exact) mass is 443 g/mol. The molecule has 2 aromatic rings. The molecule has 0 atom stereocenters. The molecule has 0 unspecified atom stereocenters. The predicted octanol–water partition coefficient (Wildman–Crippen LogP) is 4.33. The molecular weight excluding hydrogens is 430 g/mol. The number of hydrogen-bond acceptors (Lipinski definition) is 5. The van der Waals surface area contributed by atoms with E-state index >= 15 is 0 Å². The van der Waals surface area contributed by atoms with Crippen LogP contribution < -0.4 is 4.74 Å². The zero-order valence-corrected chi connectivity index (χ0v) is 15.6. The van der Waals surface area contributed by atoms with Crippen molar-refractivity contribution in [2.24, 2.45) is 0 Å². The Labute approximate surface area is 150 Å². The van der Waals surface area contributed by atoms with E-state index in [4.69, 9.17) is 14.0 Å². The van der Waals surface area contributed by atoms with Crippen molar-refractivity contribution in [1.29, 1.82) is 0 Å². The molecule has 23 heavy (non-hydrogen) atoms. The Bertz CT molecular complexity index is 725. The fraction of sp³-hybridized carbons (Fsp3) is 0.375. The number of hydrogen-bond donors (Lipinski definition) is 0. The summed E-state index contributed by atoms with van der Waals surface area (Å²) in [6, 6.07) is 5.24. The summed E-state index contributed by atoms with van der Waals surface area (Å²) in [6.07, 6.45) is 2.20. The minimum Gasteiger partial charge on any atom is -0.489 e. The maximum atomic E-state index is 12.7. The van der Waals surface area contributed by atoms with Crippen molar-refractivity contribution < 1.29 is 18.8 Å². The van der Waals surface area contributed by atoms with Gasteiger partial charge in [-0.2, -0.15) is 0 Å². The summed E-state index contributed by atoms with van der Waals surface area (Å²) >= 11 is 6.88. The molecule has 1 aromatic heterocycles. The van der Waals surface area contributed by atoms with Crippen LogP contribution in [0.5, 0.6) is 5.75 Å². The average Bonchev–Trinajstić information content (AvgIpc) is 3.27. The Morgan fingerprint density at radius 2 is 2.13 bits per heavy atom. The highest BCUT2D eigenvalue weighted by Gasteiger charge is 2.29. The van der Waals surface area contributed by atoms with Gasteiger partial charge in [0.2, 0.25) is 5.78 Å². The maximum Gasteiger partial charge on any atom is 0.216 e. The van der Waals surface area contributed by atoms with E-state index in [2.05, 4.69) is 37.0 Å². The predicted molar refractivity (Wildman–Crippen MR) is 91.1 cm³/mol. The van der Waals surface area contributed by atoms with Crippen LogP contribution >= 0.6 is 31.9 Å². The van der Waals surface area contributed by atoms with E-state index in [0.29, 0.717) is 40.6 Å². The van der Waals surface area contributed by atoms with Crippen LogP contribution in [0, 0.1) is 0 Å². The van der Waals surface area contributed by atoms with Crippen LogP contribution in [0.1, 0.15) is 40.6 Å². The third-order valence-electron chi connectivity index (χ3n) is 3.57. The van der Waals surface area contributed by atoms with E-state index in [0.717, 1.165) is 23.1 Å². The van der Waals surface area contributed by atoms with E-state index in [9.17, 15) is 4.79 Å². The molecule has 0 saturated heterocycles. The number of rotatable bonds is 7. The van der Waals surface area contributed by atoms with E-state index in [1.807, 2.05) is 0 Å². The van der Waals surface area contributed by atoms with Gasteiger partial charge in [-0.15, -0.1) is 0 Å². The van der Waals surface area contributed by atoms with Crippen molar-refractivity contribution in [3.05, 3.63) is 44.2 Å². The van der Waals surface area contributed by atoms with Gasteiger partial charge in [0, 0.05) is 24.7 Å². The van der Waals surface area contributed by atoms with Gasteiger partial charge in [-0.05, 0) is 56.8 Å². The average molecular weight is 445 g/mol. The molecule has 1 aliphatic rings. The summed E-state index contributed by atoms with van der Waals surface area (Å²) in [5.74, 6) is 1.58. The summed E-state index contributed by atoms with van der Waals surface area (Å²) in [7, 11) is 1.61. The first-order valence-corrected chi connectivity index (χ1v) is 8.81. The Morgan fingerprint density at radius 1 is 1.35 bits per heavy atom. The summed E-state index contributed by atoms with van der Waals surface area (Å²) in [4.78, 5) is 12.7. The van der Waals surface area contributed by atoms with E-state index < -0.39 is 0 Å². The lowest BCUT2D eigenvalue weighted by Gasteiger charge is -2.12. The highest BCUT2D eigenvalue weighted by molar-refractivity contribution is 9.11. The lowest BCUT2D eigenvalue weighted by molar-refractivity contribution is 0.102. The fourth-order valence-electron chi connectivity index (χ4n) is 2.16. The Morgan fingerprint density at radius 3 is 2.83 bits per heavy atom. The lowest BCUT2D eigenvalue weighted by Crippen LogP contribution is -2.08. The van der Waals surface area contributed by atoms with Crippen molar-refractivity contribution in [3.63, 3.8) is 0 Å². The SMILES string of the molecule is COCCOc1c(Br)ccc(C(=O)c2cc(C3CC3)on2)c1Br. The number of carbonyl (C=O) groups excluding carboxylic acids is 1. The molecule has 7 heteroatoms. The van der Waals surface area contributed by atoms with Gasteiger partial charge in [-0.25, -0.2) is 0 Å². The first-order chi connectivity index (χ1) is 11.1. The number of nitrogens with zero attached hydrogens (tertiary/aromatic N) is 1. The smallest absolute Gasteiger partial charge is 0.216 e. The van der Waals surface area contributed by atoms with Gasteiger partial charge in [0.15, 0.2) is 5.69 Å². The Balaban J connectivity index is 1.85. The summed E-state index contributed by atoms with van der Waals surface area (Å²) in [6.45, 7) is 0.853. The van der Waals surface area contributed by atoms with Crippen molar-refractivity contribution in [2.75, 3.05) is 20.3 Å². The number of carbonyl (C=O) groups is 1. The highest BCUT2D eigenvalue weighted by Crippen LogP contribution is 2.41. The lowest BCUT2D eigenvalue weighted by atomic mass is 10.1. The molecule has 1 saturated carbocycles. The second kappa shape index (κ2) is 7.15. The van der Waals surface area contributed by atoms with E-state index in [1.165, 1.54) is 0 Å². The van der Waals surface area contributed by atoms with E-state index in [-0.39, 0.29) is 5.78 Å². The van der Waals surface area contributed by atoms with Crippen LogP contribution in [0.2, 0.25) is 0 Å². The second-order valence-corrected chi connectivity index (χ2v) is 6.94. The fourth-order valence-corrected chi connectivity index (χ4v) is 3.51. The maximum absolute atomic E-state index is 12.7. The largest absolute Gasteiger partial charge is 0.489 e. The van der Waals surface area contributed by atoms with Crippen molar-refractivity contribution in [3.8, 4) is 5.75 Å². The molecule has 1 heterocycles. The van der Waals surface area contributed by atoms with Crippen molar-refractivity contribution in [2.45, 2.75) is 18.8 Å². The summed E-state index contributed by atoms with van der Waals surface area (Å²) in [5.41, 5.74) is 0.800. The third-order valence-corrected chi connectivity index (χ3v) is 4.98. The third kappa shape index (κ3) is 3.67. The number of ketones is 1. The molecule has 0 spiro atoms. The number of aromatic nitrogens is 1. The molecule has 0 N–H and O–H groups in total. The van der Waals surface area contributed by atoms with Gasteiger partial charge in [-0.3, -0.25) is 4.79 Å². The van der Waals surface area contributed by atoms with Crippen LogP contribution in [0.4, 0.5) is 0 Å². The summed E-state index contributed by atoms with van der Waals surface area (Å²) in [5, 5.41) is 3.90. The molecule has 0 aliphatic heterocycles. The number of methoxy groups -OCH3 is 1. The van der Waals surface area contributed by atoms with Crippen LogP contribution in [0.15, 0.2) is 31.7 Å². The molecule has 1 aliphatic carbocycles. The minimum absolute atomic E-state index is 0.198. The van der Waals surface area contributed by atoms with Crippen molar-refractivity contribution in [1.82, 2.24) is 5.16 Å². The molecule has 1 fully saturated rings. The minimum atomic E-state index is -0.198.